The third-order valence-electron chi connectivity index (χ3n) is 3.89. The van der Waals surface area contributed by atoms with Crippen molar-refractivity contribution < 1.29 is 0 Å². The van der Waals surface area contributed by atoms with Gasteiger partial charge in [-0.3, -0.25) is 0 Å². The molecule has 1 aliphatic carbocycles. The Balaban J connectivity index is 2.06. The van der Waals surface area contributed by atoms with Crippen LogP contribution in [0, 0.1) is 12.8 Å². The zero-order chi connectivity index (χ0) is 12.3. The van der Waals surface area contributed by atoms with Gasteiger partial charge in [-0.1, -0.05) is 19.8 Å². The van der Waals surface area contributed by atoms with Crippen molar-refractivity contribution in [2.75, 3.05) is 6.54 Å². The lowest BCUT2D eigenvalue weighted by Crippen LogP contribution is -2.15. The molecule has 4 nitrogen and oxygen atoms in total. The highest BCUT2D eigenvalue weighted by molar-refractivity contribution is 4.99. The molecular weight excluding hydrogens is 212 g/mol. The van der Waals surface area contributed by atoms with Crippen molar-refractivity contribution in [2.24, 2.45) is 11.7 Å². The number of hydrogen-bond acceptors (Lipinski definition) is 3. The summed E-state index contributed by atoms with van der Waals surface area (Å²) < 4.78 is 2.37. The van der Waals surface area contributed by atoms with Gasteiger partial charge in [0.25, 0.3) is 0 Å². The standard InChI is InChI=1S/C13H24N4/c1-10(9-14)7-8-13-16-15-11(2)17(13)12-5-3-4-6-12/h10,12H,3-9,14H2,1-2H3. The molecule has 1 atom stereocenters. The van der Waals surface area contributed by atoms with Gasteiger partial charge in [-0.2, -0.15) is 0 Å². The molecule has 0 spiro atoms. The number of nitrogens with two attached hydrogens (primary N) is 1. The topological polar surface area (TPSA) is 56.7 Å². The van der Waals surface area contributed by atoms with Crippen LogP contribution in [0.4, 0.5) is 0 Å². The van der Waals surface area contributed by atoms with Gasteiger partial charge in [0.15, 0.2) is 0 Å². The third kappa shape index (κ3) is 2.86. The molecule has 0 amide bonds. The Bertz CT molecular complexity index is 352. The molecular formula is C13H24N4. The fraction of sp³-hybridized carbons (Fsp3) is 0.846. The highest BCUT2D eigenvalue weighted by Gasteiger charge is 2.22. The molecule has 1 saturated carbocycles. The first kappa shape index (κ1) is 12.6. The van der Waals surface area contributed by atoms with Crippen LogP contribution in [0.25, 0.3) is 0 Å². The molecule has 2 rings (SSSR count). The van der Waals surface area contributed by atoms with E-state index in [0.717, 1.165) is 31.0 Å². The van der Waals surface area contributed by atoms with Gasteiger partial charge in [-0.15, -0.1) is 10.2 Å². The van der Waals surface area contributed by atoms with E-state index in [2.05, 4.69) is 28.6 Å². The summed E-state index contributed by atoms with van der Waals surface area (Å²) in [6.45, 7) is 5.03. The van der Waals surface area contributed by atoms with Gasteiger partial charge in [0.05, 0.1) is 0 Å². The average Bonchev–Trinajstić information content (AvgIpc) is 2.95. The van der Waals surface area contributed by atoms with Crippen LogP contribution in [0.5, 0.6) is 0 Å². The first-order valence-corrected chi connectivity index (χ1v) is 6.82. The Morgan fingerprint density at radius 2 is 2.06 bits per heavy atom. The van der Waals surface area contributed by atoms with E-state index >= 15 is 0 Å². The fourth-order valence-electron chi connectivity index (χ4n) is 2.71. The Morgan fingerprint density at radius 3 is 2.71 bits per heavy atom. The van der Waals surface area contributed by atoms with Crippen LogP contribution in [-0.4, -0.2) is 21.3 Å². The Labute approximate surface area is 104 Å². The maximum Gasteiger partial charge on any atom is 0.133 e. The second-order valence-electron chi connectivity index (χ2n) is 5.35. The number of aromatic nitrogens is 3. The van der Waals surface area contributed by atoms with Crippen LogP contribution < -0.4 is 5.73 Å². The molecule has 2 N–H and O–H groups in total. The predicted octanol–water partition coefficient (Wildman–Crippen LogP) is 2.23. The lowest BCUT2D eigenvalue weighted by atomic mass is 10.1. The quantitative estimate of drug-likeness (QED) is 0.853. The summed E-state index contributed by atoms with van der Waals surface area (Å²) in [6, 6.07) is 0.646. The third-order valence-corrected chi connectivity index (χ3v) is 3.89. The fourth-order valence-corrected chi connectivity index (χ4v) is 2.71. The van der Waals surface area contributed by atoms with Gasteiger partial charge >= 0.3 is 0 Å². The number of nitrogens with zero attached hydrogens (tertiary/aromatic N) is 3. The zero-order valence-electron chi connectivity index (χ0n) is 11.0. The van der Waals surface area contributed by atoms with Crippen LogP contribution >= 0.6 is 0 Å². The first-order valence-electron chi connectivity index (χ1n) is 6.82. The molecule has 96 valence electrons. The highest BCUT2D eigenvalue weighted by Crippen LogP contribution is 2.31. The van der Waals surface area contributed by atoms with Crippen molar-refractivity contribution in [3.63, 3.8) is 0 Å². The summed E-state index contributed by atoms with van der Waals surface area (Å²) in [7, 11) is 0. The SMILES string of the molecule is Cc1nnc(CCC(C)CN)n1C1CCCC1. The predicted molar refractivity (Wildman–Crippen MR) is 68.8 cm³/mol. The monoisotopic (exact) mass is 236 g/mol. The van der Waals surface area contributed by atoms with Gasteiger partial charge in [-0.25, -0.2) is 0 Å². The van der Waals surface area contributed by atoms with Crippen molar-refractivity contribution >= 4 is 0 Å². The summed E-state index contributed by atoms with van der Waals surface area (Å²) in [6.07, 6.45) is 7.40. The van der Waals surface area contributed by atoms with E-state index in [1.807, 2.05) is 0 Å². The largest absolute Gasteiger partial charge is 0.330 e. The minimum absolute atomic E-state index is 0.573. The van der Waals surface area contributed by atoms with Crippen molar-refractivity contribution in [1.82, 2.24) is 14.8 Å². The van der Waals surface area contributed by atoms with Gasteiger partial charge in [0.1, 0.15) is 11.6 Å². The first-order chi connectivity index (χ1) is 8.22. The van der Waals surface area contributed by atoms with Crippen LogP contribution in [0.1, 0.15) is 56.7 Å². The van der Waals surface area contributed by atoms with Gasteiger partial charge < -0.3 is 10.3 Å². The zero-order valence-corrected chi connectivity index (χ0v) is 11.0. The van der Waals surface area contributed by atoms with E-state index in [9.17, 15) is 0 Å². The highest BCUT2D eigenvalue weighted by atomic mass is 15.3. The minimum atomic E-state index is 0.573. The Kier molecular flexibility index (Phi) is 4.15. The van der Waals surface area contributed by atoms with Crippen LogP contribution in [0.3, 0.4) is 0 Å². The molecule has 0 aliphatic heterocycles. The van der Waals surface area contributed by atoms with E-state index < -0.39 is 0 Å². The summed E-state index contributed by atoms with van der Waals surface area (Å²) in [5.41, 5.74) is 5.66. The van der Waals surface area contributed by atoms with E-state index in [-0.39, 0.29) is 0 Å². The van der Waals surface area contributed by atoms with Crippen LogP contribution in [0.15, 0.2) is 0 Å². The lowest BCUT2D eigenvalue weighted by Gasteiger charge is -2.16. The average molecular weight is 236 g/mol. The molecule has 0 bridgehead atoms. The van der Waals surface area contributed by atoms with Crippen molar-refractivity contribution in [2.45, 2.75) is 58.4 Å². The number of rotatable bonds is 5. The Hall–Kier alpha value is -0.900. The maximum atomic E-state index is 5.66. The molecule has 1 aromatic heterocycles. The molecule has 17 heavy (non-hydrogen) atoms. The van der Waals surface area contributed by atoms with Crippen LogP contribution in [-0.2, 0) is 6.42 Å². The normalized spacial score (nSPS) is 18.8. The van der Waals surface area contributed by atoms with Gasteiger partial charge in [-0.05, 0) is 38.6 Å². The smallest absolute Gasteiger partial charge is 0.133 e. The molecule has 0 radical (unpaired) electrons. The van der Waals surface area contributed by atoms with Crippen LogP contribution in [0.2, 0.25) is 0 Å². The molecule has 0 saturated heterocycles. The number of hydrogen-bond donors (Lipinski definition) is 1. The molecule has 1 fully saturated rings. The summed E-state index contributed by atoms with van der Waals surface area (Å²) in [4.78, 5) is 0. The van der Waals surface area contributed by atoms with Crippen molar-refractivity contribution in [3.05, 3.63) is 11.6 Å². The molecule has 1 heterocycles. The number of aryl methyl sites for hydroxylation is 2. The summed E-state index contributed by atoms with van der Waals surface area (Å²) in [5.74, 6) is 2.81. The molecule has 1 unspecified atom stereocenters. The second kappa shape index (κ2) is 5.63. The second-order valence-corrected chi connectivity index (χ2v) is 5.35. The lowest BCUT2D eigenvalue weighted by molar-refractivity contribution is 0.466. The maximum absolute atomic E-state index is 5.66. The van der Waals surface area contributed by atoms with Crippen molar-refractivity contribution in [3.8, 4) is 0 Å². The summed E-state index contributed by atoms with van der Waals surface area (Å²) >= 11 is 0. The minimum Gasteiger partial charge on any atom is -0.330 e. The summed E-state index contributed by atoms with van der Waals surface area (Å²) in [5, 5.41) is 8.59. The Morgan fingerprint density at radius 1 is 1.35 bits per heavy atom. The molecule has 1 aliphatic rings. The van der Waals surface area contributed by atoms with E-state index in [4.69, 9.17) is 5.73 Å². The van der Waals surface area contributed by atoms with E-state index in [1.54, 1.807) is 0 Å². The van der Waals surface area contributed by atoms with E-state index in [1.165, 1.54) is 25.7 Å². The molecule has 4 heteroatoms. The molecule has 1 aromatic rings. The van der Waals surface area contributed by atoms with Gasteiger partial charge in [0.2, 0.25) is 0 Å². The van der Waals surface area contributed by atoms with Gasteiger partial charge in [0, 0.05) is 12.5 Å². The van der Waals surface area contributed by atoms with Crippen molar-refractivity contribution in [1.29, 1.82) is 0 Å². The molecule has 0 aromatic carbocycles. The van der Waals surface area contributed by atoms with E-state index in [0.29, 0.717) is 12.0 Å².